The third-order valence-corrected chi connectivity index (χ3v) is 4.62. The van der Waals surface area contributed by atoms with Crippen LogP contribution in [-0.4, -0.2) is 24.4 Å². The lowest BCUT2D eigenvalue weighted by Gasteiger charge is -2.08. The number of carbonyl (C=O) groups excluding carboxylic acids is 3. The van der Waals surface area contributed by atoms with Crippen molar-refractivity contribution in [1.29, 1.82) is 5.26 Å². The zero-order chi connectivity index (χ0) is 20.6. The second kappa shape index (κ2) is 9.30. The number of anilines is 2. The summed E-state index contributed by atoms with van der Waals surface area (Å²) in [6.07, 6.45) is 0. The lowest BCUT2D eigenvalue weighted by Crippen LogP contribution is -2.21. The molecule has 29 heavy (non-hydrogen) atoms. The topological polar surface area (TPSA) is 108 Å². The molecule has 1 aromatic heterocycles. The van der Waals surface area contributed by atoms with Crippen LogP contribution in [0.3, 0.4) is 0 Å². The molecule has 0 spiro atoms. The molecule has 0 unspecified atom stereocenters. The molecule has 0 bridgehead atoms. The number of rotatable bonds is 6. The minimum atomic E-state index is -0.656. The van der Waals surface area contributed by atoms with Crippen molar-refractivity contribution in [3.8, 4) is 6.07 Å². The van der Waals surface area contributed by atoms with Crippen molar-refractivity contribution in [3.05, 3.63) is 82.0 Å². The molecule has 2 aromatic carbocycles. The first-order valence-electron chi connectivity index (χ1n) is 8.47. The van der Waals surface area contributed by atoms with Crippen LogP contribution in [-0.2, 0) is 9.53 Å². The van der Waals surface area contributed by atoms with Crippen LogP contribution in [0, 0.1) is 11.3 Å². The molecule has 0 fully saturated rings. The number of carbonyl (C=O) groups is 3. The van der Waals surface area contributed by atoms with Gasteiger partial charge in [-0.25, -0.2) is 4.79 Å². The van der Waals surface area contributed by atoms with Crippen LogP contribution >= 0.6 is 11.3 Å². The van der Waals surface area contributed by atoms with Gasteiger partial charge in [-0.3, -0.25) is 9.59 Å². The molecule has 0 aliphatic rings. The Morgan fingerprint density at radius 1 is 0.931 bits per heavy atom. The molecule has 8 heteroatoms. The number of benzene rings is 2. The van der Waals surface area contributed by atoms with Gasteiger partial charge in [-0.1, -0.05) is 6.07 Å². The molecule has 3 aromatic rings. The molecule has 1 heterocycles. The average molecular weight is 405 g/mol. The highest BCUT2D eigenvalue weighted by atomic mass is 32.1. The largest absolute Gasteiger partial charge is 0.452 e. The lowest BCUT2D eigenvalue weighted by molar-refractivity contribution is -0.119. The smallest absolute Gasteiger partial charge is 0.338 e. The first kappa shape index (κ1) is 19.8. The summed E-state index contributed by atoms with van der Waals surface area (Å²) < 4.78 is 5.00. The van der Waals surface area contributed by atoms with E-state index in [0.717, 1.165) is 0 Å². The predicted molar refractivity (Wildman–Crippen MR) is 109 cm³/mol. The normalized spacial score (nSPS) is 9.90. The van der Waals surface area contributed by atoms with Crippen molar-refractivity contribution in [2.45, 2.75) is 0 Å². The van der Waals surface area contributed by atoms with Crippen LogP contribution in [0.1, 0.15) is 25.6 Å². The summed E-state index contributed by atoms with van der Waals surface area (Å²) in [6.45, 7) is -0.449. The highest BCUT2D eigenvalue weighted by molar-refractivity contribution is 7.12. The zero-order valence-corrected chi connectivity index (χ0v) is 15.9. The summed E-state index contributed by atoms with van der Waals surface area (Å²) in [5.74, 6) is -1.38. The van der Waals surface area contributed by atoms with Gasteiger partial charge in [0.2, 0.25) is 0 Å². The molecular weight excluding hydrogens is 390 g/mol. The number of nitrogens with one attached hydrogen (secondary N) is 2. The number of thiophene rings is 1. The van der Waals surface area contributed by atoms with Gasteiger partial charge in [0.1, 0.15) is 0 Å². The maximum Gasteiger partial charge on any atom is 0.338 e. The molecule has 3 rings (SSSR count). The van der Waals surface area contributed by atoms with Gasteiger partial charge < -0.3 is 15.4 Å². The number of amides is 2. The quantitative estimate of drug-likeness (QED) is 0.608. The van der Waals surface area contributed by atoms with Gasteiger partial charge in [0.25, 0.3) is 11.8 Å². The van der Waals surface area contributed by atoms with Gasteiger partial charge in [0.15, 0.2) is 6.61 Å². The molecule has 0 aliphatic carbocycles. The minimum absolute atomic E-state index is 0.227. The van der Waals surface area contributed by atoms with Crippen molar-refractivity contribution in [3.63, 3.8) is 0 Å². The van der Waals surface area contributed by atoms with E-state index in [-0.39, 0.29) is 11.5 Å². The fraction of sp³-hybridized carbons (Fsp3) is 0.0476. The highest BCUT2D eigenvalue weighted by Gasteiger charge is 2.12. The number of nitrogens with zero attached hydrogens (tertiary/aromatic N) is 1. The molecule has 144 valence electrons. The van der Waals surface area contributed by atoms with E-state index in [4.69, 9.17) is 10.00 Å². The summed E-state index contributed by atoms with van der Waals surface area (Å²) in [4.78, 5) is 36.6. The average Bonchev–Trinajstić information content (AvgIpc) is 3.28. The van der Waals surface area contributed by atoms with E-state index in [1.807, 2.05) is 11.4 Å². The summed E-state index contributed by atoms with van der Waals surface area (Å²) in [5.41, 5.74) is 1.77. The minimum Gasteiger partial charge on any atom is -0.452 e. The van der Waals surface area contributed by atoms with Crippen molar-refractivity contribution >= 4 is 40.5 Å². The maximum absolute atomic E-state index is 12.1. The molecular formula is C21H15N3O4S. The Morgan fingerprint density at radius 3 is 2.21 bits per heavy atom. The van der Waals surface area contributed by atoms with E-state index in [1.165, 1.54) is 23.5 Å². The fourth-order valence-corrected chi connectivity index (χ4v) is 2.95. The molecule has 2 N–H and O–H groups in total. The van der Waals surface area contributed by atoms with Crippen molar-refractivity contribution < 1.29 is 19.1 Å². The Balaban J connectivity index is 1.49. The SMILES string of the molecule is N#Cc1ccc(NC(=O)COC(=O)c2ccc(NC(=O)c3cccs3)cc2)cc1. The Hall–Kier alpha value is -3.96. The molecule has 7 nitrogen and oxygen atoms in total. The monoisotopic (exact) mass is 405 g/mol. The van der Waals surface area contributed by atoms with Gasteiger partial charge in [-0.15, -0.1) is 11.3 Å². The Labute approximate surface area is 170 Å². The van der Waals surface area contributed by atoms with Crippen LogP contribution in [0.4, 0.5) is 11.4 Å². The molecule has 0 atom stereocenters. The van der Waals surface area contributed by atoms with Gasteiger partial charge >= 0.3 is 5.97 Å². The second-order valence-corrected chi connectivity index (χ2v) is 6.77. The molecule has 0 radical (unpaired) electrons. The van der Waals surface area contributed by atoms with Crippen molar-refractivity contribution in [2.75, 3.05) is 17.2 Å². The standard InChI is InChI=1S/C21H15N3O4S/c22-12-14-3-7-16(8-4-14)23-19(25)13-28-21(27)15-5-9-17(10-6-15)24-20(26)18-2-1-11-29-18/h1-11H,13H2,(H,23,25)(H,24,26). The zero-order valence-electron chi connectivity index (χ0n) is 15.0. The van der Waals surface area contributed by atoms with E-state index in [0.29, 0.717) is 21.8 Å². The molecule has 0 saturated carbocycles. The number of hydrogen-bond donors (Lipinski definition) is 2. The fourth-order valence-electron chi connectivity index (χ4n) is 2.33. The number of ether oxygens (including phenoxy) is 1. The summed E-state index contributed by atoms with van der Waals surface area (Å²) >= 11 is 1.33. The van der Waals surface area contributed by atoms with Crippen LogP contribution < -0.4 is 10.6 Å². The summed E-state index contributed by atoms with van der Waals surface area (Å²) in [5, 5.41) is 15.9. The molecule has 0 saturated heterocycles. The Morgan fingerprint density at radius 2 is 1.59 bits per heavy atom. The molecule has 0 aliphatic heterocycles. The third kappa shape index (κ3) is 5.51. The van der Waals surface area contributed by atoms with Crippen LogP contribution in [0.5, 0.6) is 0 Å². The first-order chi connectivity index (χ1) is 14.0. The Bertz CT molecular complexity index is 1050. The lowest BCUT2D eigenvalue weighted by atomic mass is 10.2. The predicted octanol–water partition coefficient (Wildman–Crippen LogP) is 3.67. The van der Waals surface area contributed by atoms with Gasteiger partial charge in [0, 0.05) is 11.4 Å². The first-order valence-corrected chi connectivity index (χ1v) is 9.35. The summed E-state index contributed by atoms with van der Waals surface area (Å²) in [7, 11) is 0. The summed E-state index contributed by atoms with van der Waals surface area (Å²) in [6, 6.07) is 18.0. The van der Waals surface area contributed by atoms with Crippen molar-refractivity contribution in [1.82, 2.24) is 0 Å². The van der Waals surface area contributed by atoms with Crippen LogP contribution in [0.25, 0.3) is 0 Å². The van der Waals surface area contributed by atoms with E-state index in [1.54, 1.807) is 48.5 Å². The van der Waals surface area contributed by atoms with Crippen LogP contribution in [0.2, 0.25) is 0 Å². The number of hydrogen-bond acceptors (Lipinski definition) is 6. The van der Waals surface area contributed by atoms with E-state index in [2.05, 4.69) is 10.6 Å². The maximum atomic E-state index is 12.1. The second-order valence-electron chi connectivity index (χ2n) is 5.82. The van der Waals surface area contributed by atoms with E-state index in [9.17, 15) is 14.4 Å². The highest BCUT2D eigenvalue weighted by Crippen LogP contribution is 2.15. The van der Waals surface area contributed by atoms with Gasteiger partial charge in [-0.05, 0) is 60.0 Å². The van der Waals surface area contributed by atoms with Crippen LogP contribution in [0.15, 0.2) is 66.0 Å². The van der Waals surface area contributed by atoms with Crippen molar-refractivity contribution in [2.24, 2.45) is 0 Å². The van der Waals surface area contributed by atoms with Gasteiger partial charge in [-0.2, -0.15) is 5.26 Å². The van der Waals surface area contributed by atoms with E-state index >= 15 is 0 Å². The van der Waals surface area contributed by atoms with E-state index < -0.39 is 18.5 Å². The number of esters is 1. The third-order valence-electron chi connectivity index (χ3n) is 3.76. The number of nitriles is 1. The molecule has 2 amide bonds. The Kier molecular flexibility index (Phi) is 6.35. The van der Waals surface area contributed by atoms with Gasteiger partial charge in [0.05, 0.1) is 22.1 Å².